The molecule has 2 aliphatic rings. The number of anilines is 1. The summed E-state index contributed by atoms with van der Waals surface area (Å²) in [4.78, 5) is 25.4. The van der Waals surface area contributed by atoms with Crippen molar-refractivity contribution in [1.82, 2.24) is 19.4 Å². The Bertz CT molecular complexity index is 683. The molecule has 2 fully saturated rings. The zero-order valence-electron chi connectivity index (χ0n) is 12.6. The van der Waals surface area contributed by atoms with Gasteiger partial charge in [-0.2, -0.15) is 0 Å². The van der Waals surface area contributed by atoms with Crippen LogP contribution in [-0.4, -0.2) is 45.0 Å². The minimum absolute atomic E-state index is 0.112. The van der Waals surface area contributed by atoms with Crippen molar-refractivity contribution in [2.24, 2.45) is 18.9 Å². The maximum absolute atomic E-state index is 12.7. The van der Waals surface area contributed by atoms with Gasteiger partial charge in [0.05, 0.1) is 24.3 Å². The standard InChI is InChI=1S/C16H19N5O/c1-19-6-5-18-15(19)11-20-8-12-9-21(16(22)14(12)10-20)13-3-2-4-17-7-13/h2-7,12,14H,8-11H2,1H3/t12-,14-/m0/s1. The molecular formula is C16H19N5O. The van der Waals surface area contributed by atoms with Crippen LogP contribution < -0.4 is 4.90 Å². The lowest BCUT2D eigenvalue weighted by molar-refractivity contribution is -0.120. The van der Waals surface area contributed by atoms with E-state index in [1.807, 2.05) is 41.0 Å². The van der Waals surface area contributed by atoms with Gasteiger partial charge in [0.1, 0.15) is 5.82 Å². The van der Waals surface area contributed by atoms with Gasteiger partial charge in [0, 0.05) is 51.2 Å². The molecule has 0 radical (unpaired) electrons. The third kappa shape index (κ3) is 2.20. The minimum Gasteiger partial charge on any atom is -0.337 e. The number of imidazole rings is 1. The number of carbonyl (C=O) groups is 1. The Balaban J connectivity index is 1.45. The van der Waals surface area contributed by atoms with E-state index in [4.69, 9.17) is 0 Å². The smallest absolute Gasteiger partial charge is 0.231 e. The molecule has 6 heteroatoms. The molecule has 0 N–H and O–H groups in total. The van der Waals surface area contributed by atoms with E-state index >= 15 is 0 Å². The topological polar surface area (TPSA) is 54.3 Å². The van der Waals surface area contributed by atoms with Crippen molar-refractivity contribution in [3.8, 4) is 0 Å². The molecule has 4 heterocycles. The van der Waals surface area contributed by atoms with Crippen LogP contribution in [0.3, 0.4) is 0 Å². The molecule has 0 unspecified atom stereocenters. The highest BCUT2D eigenvalue weighted by Gasteiger charge is 2.46. The molecule has 0 saturated carbocycles. The average Bonchev–Trinajstić information content (AvgIpc) is 3.19. The van der Waals surface area contributed by atoms with Crippen LogP contribution in [0.1, 0.15) is 5.82 Å². The van der Waals surface area contributed by atoms with Crippen LogP contribution in [0.15, 0.2) is 36.9 Å². The van der Waals surface area contributed by atoms with E-state index < -0.39 is 0 Å². The molecule has 2 aromatic rings. The molecule has 2 aliphatic heterocycles. The molecule has 0 aliphatic carbocycles. The molecular weight excluding hydrogens is 278 g/mol. The Morgan fingerprint density at radius 2 is 2.18 bits per heavy atom. The summed E-state index contributed by atoms with van der Waals surface area (Å²) < 4.78 is 2.04. The highest BCUT2D eigenvalue weighted by molar-refractivity contribution is 5.97. The summed E-state index contributed by atoms with van der Waals surface area (Å²) in [5.74, 6) is 1.81. The van der Waals surface area contributed by atoms with Crippen molar-refractivity contribution >= 4 is 11.6 Å². The van der Waals surface area contributed by atoms with Crippen molar-refractivity contribution < 1.29 is 4.79 Å². The number of rotatable bonds is 3. The summed E-state index contributed by atoms with van der Waals surface area (Å²) in [6.45, 7) is 3.40. The molecule has 0 spiro atoms. The van der Waals surface area contributed by atoms with Crippen LogP contribution in [0.4, 0.5) is 5.69 Å². The van der Waals surface area contributed by atoms with Crippen molar-refractivity contribution in [2.45, 2.75) is 6.54 Å². The summed E-state index contributed by atoms with van der Waals surface area (Å²) in [6, 6.07) is 3.84. The predicted molar refractivity (Wildman–Crippen MR) is 82.1 cm³/mol. The molecule has 114 valence electrons. The molecule has 2 aromatic heterocycles. The Kier molecular flexibility index (Phi) is 3.18. The highest BCUT2D eigenvalue weighted by Crippen LogP contribution is 2.35. The number of fused-ring (bicyclic) bond motifs is 1. The van der Waals surface area contributed by atoms with Crippen molar-refractivity contribution in [3.63, 3.8) is 0 Å². The number of hydrogen-bond donors (Lipinski definition) is 0. The number of carbonyl (C=O) groups excluding carboxylic acids is 1. The number of hydrogen-bond acceptors (Lipinski definition) is 4. The molecule has 2 atom stereocenters. The molecule has 22 heavy (non-hydrogen) atoms. The third-order valence-electron chi connectivity index (χ3n) is 4.76. The number of aromatic nitrogens is 3. The van der Waals surface area contributed by atoms with Crippen LogP contribution in [0.5, 0.6) is 0 Å². The van der Waals surface area contributed by atoms with Crippen LogP contribution in [-0.2, 0) is 18.4 Å². The van der Waals surface area contributed by atoms with E-state index in [1.54, 1.807) is 12.4 Å². The normalized spacial score (nSPS) is 25.0. The van der Waals surface area contributed by atoms with Crippen LogP contribution in [0.25, 0.3) is 0 Å². The Labute approximate surface area is 129 Å². The zero-order valence-corrected chi connectivity index (χ0v) is 12.6. The Morgan fingerprint density at radius 1 is 1.27 bits per heavy atom. The summed E-state index contributed by atoms with van der Waals surface area (Å²) in [6.07, 6.45) is 7.28. The quantitative estimate of drug-likeness (QED) is 0.845. The number of pyridine rings is 1. The van der Waals surface area contributed by atoms with Gasteiger partial charge in [-0.1, -0.05) is 0 Å². The number of likely N-dealkylation sites (tertiary alicyclic amines) is 1. The fourth-order valence-electron chi connectivity index (χ4n) is 3.57. The van der Waals surface area contributed by atoms with Crippen molar-refractivity contribution in [1.29, 1.82) is 0 Å². The lowest BCUT2D eigenvalue weighted by Crippen LogP contribution is -2.33. The number of nitrogens with zero attached hydrogens (tertiary/aromatic N) is 5. The largest absolute Gasteiger partial charge is 0.337 e. The number of aryl methyl sites for hydroxylation is 1. The van der Waals surface area contributed by atoms with Gasteiger partial charge in [-0.3, -0.25) is 14.7 Å². The fourth-order valence-corrected chi connectivity index (χ4v) is 3.57. The maximum Gasteiger partial charge on any atom is 0.231 e. The lowest BCUT2D eigenvalue weighted by Gasteiger charge is -2.21. The molecule has 4 rings (SSSR count). The first-order chi connectivity index (χ1) is 10.7. The SMILES string of the molecule is Cn1ccnc1CN1C[C@H]2CN(c3cccnc3)C(=O)[C@H]2C1. The van der Waals surface area contributed by atoms with E-state index in [9.17, 15) is 4.79 Å². The summed E-state index contributed by atoms with van der Waals surface area (Å²) in [5.41, 5.74) is 0.914. The molecule has 6 nitrogen and oxygen atoms in total. The van der Waals surface area contributed by atoms with Gasteiger partial charge in [0.2, 0.25) is 5.91 Å². The predicted octanol–water partition coefficient (Wildman–Crippen LogP) is 0.910. The second-order valence-electron chi connectivity index (χ2n) is 6.18. The fraction of sp³-hybridized carbons (Fsp3) is 0.438. The van der Waals surface area contributed by atoms with Gasteiger partial charge in [-0.15, -0.1) is 0 Å². The molecule has 0 bridgehead atoms. The first-order valence-electron chi connectivity index (χ1n) is 7.62. The van der Waals surface area contributed by atoms with E-state index in [0.717, 1.165) is 37.7 Å². The monoisotopic (exact) mass is 297 g/mol. The van der Waals surface area contributed by atoms with Gasteiger partial charge in [0.15, 0.2) is 0 Å². The Hall–Kier alpha value is -2.21. The van der Waals surface area contributed by atoms with Crippen LogP contribution in [0, 0.1) is 11.8 Å². The summed E-state index contributed by atoms with van der Waals surface area (Å²) >= 11 is 0. The third-order valence-corrected chi connectivity index (χ3v) is 4.76. The lowest BCUT2D eigenvalue weighted by atomic mass is 10.0. The zero-order chi connectivity index (χ0) is 15.1. The molecule has 1 amide bonds. The highest BCUT2D eigenvalue weighted by atomic mass is 16.2. The van der Waals surface area contributed by atoms with Gasteiger partial charge in [-0.05, 0) is 12.1 Å². The summed E-state index contributed by atoms with van der Waals surface area (Å²) in [5, 5.41) is 0. The first-order valence-corrected chi connectivity index (χ1v) is 7.62. The van der Waals surface area contributed by atoms with Crippen molar-refractivity contribution in [2.75, 3.05) is 24.5 Å². The number of amides is 1. The maximum atomic E-state index is 12.7. The molecule has 2 saturated heterocycles. The van der Waals surface area contributed by atoms with E-state index in [2.05, 4.69) is 14.9 Å². The van der Waals surface area contributed by atoms with Gasteiger partial charge >= 0.3 is 0 Å². The van der Waals surface area contributed by atoms with Crippen LogP contribution in [0.2, 0.25) is 0 Å². The average molecular weight is 297 g/mol. The minimum atomic E-state index is 0.112. The molecule has 0 aromatic carbocycles. The Morgan fingerprint density at radius 3 is 2.86 bits per heavy atom. The van der Waals surface area contributed by atoms with E-state index in [0.29, 0.717) is 5.92 Å². The van der Waals surface area contributed by atoms with E-state index in [-0.39, 0.29) is 11.8 Å². The van der Waals surface area contributed by atoms with Gasteiger partial charge < -0.3 is 9.47 Å². The van der Waals surface area contributed by atoms with E-state index in [1.165, 1.54) is 0 Å². The van der Waals surface area contributed by atoms with Crippen molar-refractivity contribution in [3.05, 3.63) is 42.7 Å². The van der Waals surface area contributed by atoms with Gasteiger partial charge in [-0.25, -0.2) is 4.98 Å². The second kappa shape index (κ2) is 5.21. The van der Waals surface area contributed by atoms with Crippen LogP contribution >= 0.6 is 0 Å². The summed E-state index contributed by atoms with van der Waals surface area (Å²) in [7, 11) is 2.01. The van der Waals surface area contributed by atoms with Gasteiger partial charge in [0.25, 0.3) is 0 Å². The first kappa shape index (κ1) is 13.5. The second-order valence-corrected chi connectivity index (χ2v) is 6.18.